The van der Waals surface area contributed by atoms with E-state index in [0.717, 1.165) is 37.1 Å². The van der Waals surface area contributed by atoms with E-state index >= 15 is 0 Å². The van der Waals surface area contributed by atoms with Crippen molar-refractivity contribution in [3.05, 3.63) is 41.5 Å². The summed E-state index contributed by atoms with van der Waals surface area (Å²) in [5.74, 6) is 0.0585. The fourth-order valence-electron chi connectivity index (χ4n) is 3.94. The van der Waals surface area contributed by atoms with Crippen molar-refractivity contribution in [3.8, 4) is 28.7 Å². The van der Waals surface area contributed by atoms with E-state index in [0.29, 0.717) is 25.0 Å². The van der Waals surface area contributed by atoms with E-state index in [2.05, 4.69) is 5.32 Å². The zero-order valence-corrected chi connectivity index (χ0v) is 18.9. The number of carbonyl (C=O) groups is 1. The summed E-state index contributed by atoms with van der Waals surface area (Å²) in [6.45, 7) is 1.69. The molecule has 1 heterocycles. The number of rotatable bonds is 11. The van der Waals surface area contributed by atoms with Crippen LogP contribution >= 0.6 is 0 Å². The van der Waals surface area contributed by atoms with Crippen LogP contribution in [0.4, 0.5) is 0 Å². The zero-order valence-electron chi connectivity index (χ0n) is 18.9. The molecule has 3 rings (SSSR count). The molecular formula is C25H33NO7. The van der Waals surface area contributed by atoms with Crippen molar-refractivity contribution in [2.75, 3.05) is 20.2 Å². The van der Waals surface area contributed by atoms with Crippen LogP contribution in [0.3, 0.4) is 0 Å². The van der Waals surface area contributed by atoms with Crippen molar-refractivity contribution < 1.29 is 34.7 Å². The topological polar surface area (TPSA) is 128 Å². The second kappa shape index (κ2) is 11.8. The van der Waals surface area contributed by atoms with Crippen LogP contribution in [-0.4, -0.2) is 58.6 Å². The summed E-state index contributed by atoms with van der Waals surface area (Å²) in [6.07, 6.45) is 2.39. The number of methoxy groups -OCH3 is 1. The Kier molecular flexibility index (Phi) is 8.79. The van der Waals surface area contributed by atoms with Crippen molar-refractivity contribution in [1.29, 1.82) is 0 Å². The third kappa shape index (κ3) is 7.27. The highest BCUT2D eigenvalue weighted by Gasteiger charge is 2.19. The number of piperidine rings is 1. The average Bonchev–Trinajstić information content (AvgIpc) is 2.81. The lowest BCUT2D eigenvalue weighted by Crippen LogP contribution is -2.34. The number of aliphatic hydroxyl groups excluding tert-OH is 1. The molecule has 1 atom stereocenters. The SMILES string of the molecule is COc1cc(CCC(=O)C[C@H](O)CCc2cc(O)c(O)c(OC3CCNCC3)c2)ccc1O. The molecule has 8 heteroatoms. The number of ketones is 1. The van der Waals surface area contributed by atoms with Crippen LogP contribution in [0.1, 0.15) is 43.2 Å². The van der Waals surface area contributed by atoms with Gasteiger partial charge in [-0.25, -0.2) is 0 Å². The molecule has 1 fully saturated rings. The normalized spacial score (nSPS) is 15.2. The molecule has 0 unspecified atom stereocenters. The maximum Gasteiger partial charge on any atom is 0.200 e. The van der Waals surface area contributed by atoms with Gasteiger partial charge in [0.25, 0.3) is 0 Å². The summed E-state index contributed by atoms with van der Waals surface area (Å²) in [4.78, 5) is 12.3. The van der Waals surface area contributed by atoms with Crippen LogP contribution in [0.2, 0.25) is 0 Å². The number of aliphatic hydroxyl groups is 1. The molecule has 2 aromatic carbocycles. The molecule has 1 aliphatic rings. The van der Waals surface area contributed by atoms with E-state index in [1.807, 2.05) is 0 Å². The number of aryl methyl sites for hydroxylation is 2. The van der Waals surface area contributed by atoms with E-state index in [4.69, 9.17) is 9.47 Å². The van der Waals surface area contributed by atoms with Gasteiger partial charge in [-0.2, -0.15) is 0 Å². The Hall–Kier alpha value is -2.97. The van der Waals surface area contributed by atoms with Crippen molar-refractivity contribution in [2.45, 2.75) is 57.2 Å². The smallest absolute Gasteiger partial charge is 0.200 e. The first kappa shape index (κ1) is 24.7. The Morgan fingerprint density at radius 2 is 1.76 bits per heavy atom. The maximum absolute atomic E-state index is 12.3. The third-order valence-corrected chi connectivity index (χ3v) is 5.86. The lowest BCUT2D eigenvalue weighted by atomic mass is 9.99. The van der Waals surface area contributed by atoms with Crippen LogP contribution in [0.25, 0.3) is 0 Å². The molecule has 1 saturated heterocycles. The molecule has 2 aromatic rings. The Morgan fingerprint density at radius 3 is 2.48 bits per heavy atom. The number of aromatic hydroxyl groups is 3. The lowest BCUT2D eigenvalue weighted by Gasteiger charge is -2.24. The molecule has 0 amide bonds. The van der Waals surface area contributed by atoms with Gasteiger partial charge < -0.3 is 35.2 Å². The largest absolute Gasteiger partial charge is 0.504 e. The first-order valence-corrected chi connectivity index (χ1v) is 11.3. The summed E-state index contributed by atoms with van der Waals surface area (Å²) < 4.78 is 11.0. The minimum Gasteiger partial charge on any atom is -0.504 e. The van der Waals surface area contributed by atoms with Gasteiger partial charge in [0, 0.05) is 12.8 Å². The van der Waals surface area contributed by atoms with E-state index < -0.39 is 6.10 Å². The van der Waals surface area contributed by atoms with Crippen LogP contribution < -0.4 is 14.8 Å². The van der Waals surface area contributed by atoms with Crippen LogP contribution in [0, 0.1) is 0 Å². The standard InChI is InChI=1S/C25H33NO7/c1-32-23-13-16(4-7-21(23)29)2-5-18(27)15-19(28)6-3-17-12-22(30)25(31)24(14-17)33-20-8-10-26-11-9-20/h4,7,12-14,19-20,26,28-31H,2-3,5-6,8-11,15H2,1H3/t19-/m1/s1. The Bertz CT molecular complexity index is 941. The first-order valence-electron chi connectivity index (χ1n) is 11.3. The average molecular weight is 460 g/mol. The highest BCUT2D eigenvalue weighted by molar-refractivity contribution is 5.79. The first-order chi connectivity index (χ1) is 15.9. The van der Waals surface area contributed by atoms with Crippen molar-refractivity contribution in [2.24, 2.45) is 0 Å². The fraction of sp³-hybridized carbons (Fsp3) is 0.480. The molecule has 5 N–H and O–H groups in total. The molecule has 0 radical (unpaired) electrons. The van der Waals surface area contributed by atoms with Crippen LogP contribution in [-0.2, 0) is 17.6 Å². The second-order valence-corrected chi connectivity index (χ2v) is 8.47. The predicted molar refractivity (Wildman–Crippen MR) is 123 cm³/mol. The van der Waals surface area contributed by atoms with E-state index in [9.17, 15) is 25.2 Å². The highest BCUT2D eigenvalue weighted by Crippen LogP contribution is 2.38. The van der Waals surface area contributed by atoms with E-state index in [-0.39, 0.29) is 47.7 Å². The van der Waals surface area contributed by atoms with Crippen LogP contribution in [0.5, 0.6) is 28.7 Å². The molecule has 1 aliphatic heterocycles. The summed E-state index contributed by atoms with van der Waals surface area (Å²) in [5, 5.41) is 43.4. The second-order valence-electron chi connectivity index (χ2n) is 8.47. The molecule has 0 aliphatic carbocycles. The quantitative estimate of drug-likeness (QED) is 0.325. The Morgan fingerprint density at radius 1 is 1.03 bits per heavy atom. The number of Topliss-reactive ketones (excluding diaryl/α,β-unsaturated/α-hetero) is 1. The Balaban J connectivity index is 1.48. The number of hydrogen-bond donors (Lipinski definition) is 5. The number of benzene rings is 2. The van der Waals surface area contributed by atoms with E-state index in [1.54, 1.807) is 18.2 Å². The van der Waals surface area contributed by atoms with Crippen LogP contribution in [0.15, 0.2) is 30.3 Å². The van der Waals surface area contributed by atoms with Crippen molar-refractivity contribution in [3.63, 3.8) is 0 Å². The summed E-state index contributed by atoms with van der Waals surface area (Å²) in [7, 11) is 1.47. The third-order valence-electron chi connectivity index (χ3n) is 5.86. The van der Waals surface area contributed by atoms with Gasteiger partial charge >= 0.3 is 0 Å². The van der Waals surface area contributed by atoms with Gasteiger partial charge in [0.15, 0.2) is 23.0 Å². The maximum atomic E-state index is 12.3. The van der Waals surface area contributed by atoms with Gasteiger partial charge in [0.1, 0.15) is 11.9 Å². The van der Waals surface area contributed by atoms with Crippen molar-refractivity contribution in [1.82, 2.24) is 5.32 Å². The molecule has 0 bridgehead atoms. The molecule has 33 heavy (non-hydrogen) atoms. The Labute approximate surface area is 193 Å². The summed E-state index contributed by atoms with van der Waals surface area (Å²) in [6, 6.07) is 8.10. The van der Waals surface area contributed by atoms with E-state index in [1.165, 1.54) is 19.2 Å². The minimum absolute atomic E-state index is 0.0245. The van der Waals surface area contributed by atoms with Gasteiger partial charge in [0.2, 0.25) is 5.75 Å². The summed E-state index contributed by atoms with van der Waals surface area (Å²) >= 11 is 0. The number of carbonyl (C=O) groups excluding carboxylic acids is 1. The fourth-order valence-corrected chi connectivity index (χ4v) is 3.94. The number of hydrogen-bond acceptors (Lipinski definition) is 8. The van der Waals surface area contributed by atoms with Gasteiger partial charge in [-0.15, -0.1) is 0 Å². The number of ether oxygens (including phenoxy) is 2. The molecule has 0 saturated carbocycles. The highest BCUT2D eigenvalue weighted by atomic mass is 16.5. The molecule has 0 aromatic heterocycles. The van der Waals surface area contributed by atoms with Gasteiger partial charge in [0.05, 0.1) is 13.2 Å². The molecule has 0 spiro atoms. The summed E-state index contributed by atoms with van der Waals surface area (Å²) in [5.41, 5.74) is 1.59. The number of nitrogens with one attached hydrogen (secondary N) is 1. The number of phenolic OH excluding ortho intramolecular Hbond substituents is 3. The monoisotopic (exact) mass is 459 g/mol. The van der Waals surface area contributed by atoms with Crippen molar-refractivity contribution >= 4 is 5.78 Å². The number of phenols is 3. The zero-order chi connectivity index (χ0) is 23.8. The molecular weight excluding hydrogens is 426 g/mol. The predicted octanol–water partition coefficient (Wildman–Crippen LogP) is 2.83. The van der Waals surface area contributed by atoms with Gasteiger partial charge in [-0.3, -0.25) is 4.79 Å². The minimum atomic E-state index is -0.809. The molecule has 180 valence electrons. The van der Waals surface area contributed by atoms with Gasteiger partial charge in [-0.1, -0.05) is 6.07 Å². The lowest BCUT2D eigenvalue weighted by molar-refractivity contribution is -0.121. The molecule has 8 nitrogen and oxygen atoms in total. The van der Waals surface area contributed by atoms with Gasteiger partial charge in [-0.05, 0) is 80.6 Å².